The van der Waals surface area contributed by atoms with E-state index in [1.807, 2.05) is 69.6 Å². The van der Waals surface area contributed by atoms with Crippen LogP contribution < -0.4 is 10.6 Å². The molecule has 0 aliphatic rings. The summed E-state index contributed by atoms with van der Waals surface area (Å²) in [5, 5.41) is 6.32. The van der Waals surface area contributed by atoms with Crippen LogP contribution in [-0.2, 0) is 20.1 Å². The lowest BCUT2D eigenvalue weighted by molar-refractivity contribution is 0.0951. The van der Waals surface area contributed by atoms with E-state index in [-0.39, 0.29) is 5.91 Å². The van der Waals surface area contributed by atoms with Crippen molar-refractivity contribution in [1.29, 1.82) is 0 Å². The van der Waals surface area contributed by atoms with Crippen LogP contribution in [0.4, 0.5) is 0 Å². The lowest BCUT2D eigenvalue weighted by Gasteiger charge is -2.22. The zero-order chi connectivity index (χ0) is 20.5. The first-order valence-corrected chi connectivity index (χ1v) is 9.44. The van der Waals surface area contributed by atoms with Crippen molar-refractivity contribution in [2.45, 2.75) is 13.1 Å². The van der Waals surface area contributed by atoms with Crippen molar-refractivity contribution in [2.75, 3.05) is 41.3 Å². The van der Waals surface area contributed by atoms with E-state index in [9.17, 15) is 4.79 Å². The SMILES string of the molecule is CN=C(NCc1cccc(C(=O)NCCN(C)C)c1)N(C)Cc1cccn1C. The summed E-state index contributed by atoms with van der Waals surface area (Å²) in [5.41, 5.74) is 2.92. The van der Waals surface area contributed by atoms with E-state index in [0.29, 0.717) is 18.7 Å². The Morgan fingerprint density at radius 1 is 1.14 bits per heavy atom. The summed E-state index contributed by atoms with van der Waals surface area (Å²) >= 11 is 0. The molecule has 1 aromatic heterocycles. The number of benzene rings is 1. The average molecular weight is 385 g/mol. The Kier molecular flexibility index (Phi) is 8.07. The Hall–Kier alpha value is -2.80. The quantitative estimate of drug-likeness (QED) is 0.535. The predicted molar refractivity (Wildman–Crippen MR) is 114 cm³/mol. The molecule has 2 N–H and O–H groups in total. The van der Waals surface area contributed by atoms with E-state index in [4.69, 9.17) is 0 Å². The number of rotatable bonds is 8. The molecule has 28 heavy (non-hydrogen) atoms. The number of aryl methyl sites for hydroxylation is 1. The fraction of sp³-hybridized carbons (Fsp3) is 0.429. The van der Waals surface area contributed by atoms with Gasteiger partial charge in [-0.25, -0.2) is 0 Å². The zero-order valence-corrected chi connectivity index (χ0v) is 17.6. The number of amides is 1. The molecule has 0 spiro atoms. The molecule has 2 aromatic rings. The van der Waals surface area contributed by atoms with Crippen LogP contribution in [0.1, 0.15) is 21.6 Å². The van der Waals surface area contributed by atoms with Crippen LogP contribution in [0.15, 0.2) is 47.6 Å². The van der Waals surface area contributed by atoms with Crippen LogP contribution in [0.3, 0.4) is 0 Å². The molecule has 1 aromatic carbocycles. The first-order chi connectivity index (χ1) is 13.4. The summed E-state index contributed by atoms with van der Waals surface area (Å²) in [6.45, 7) is 2.81. The molecule has 0 unspecified atom stereocenters. The van der Waals surface area contributed by atoms with E-state index in [0.717, 1.165) is 24.6 Å². The molecule has 7 heteroatoms. The third-order valence-electron chi connectivity index (χ3n) is 4.51. The summed E-state index contributed by atoms with van der Waals surface area (Å²) in [4.78, 5) is 20.8. The third-order valence-corrected chi connectivity index (χ3v) is 4.51. The van der Waals surface area contributed by atoms with E-state index in [1.165, 1.54) is 5.69 Å². The predicted octanol–water partition coefficient (Wildman–Crippen LogP) is 1.52. The highest BCUT2D eigenvalue weighted by atomic mass is 16.1. The fourth-order valence-corrected chi connectivity index (χ4v) is 2.86. The van der Waals surface area contributed by atoms with Gasteiger partial charge in [-0.15, -0.1) is 0 Å². The number of aromatic nitrogens is 1. The Labute approximate surface area is 168 Å². The number of guanidine groups is 1. The molecule has 0 fully saturated rings. The molecule has 7 nitrogen and oxygen atoms in total. The minimum atomic E-state index is -0.0473. The van der Waals surface area contributed by atoms with Gasteiger partial charge in [0.15, 0.2) is 5.96 Å². The van der Waals surface area contributed by atoms with Gasteiger partial charge in [-0.2, -0.15) is 0 Å². The van der Waals surface area contributed by atoms with Crippen molar-refractivity contribution in [3.8, 4) is 0 Å². The van der Waals surface area contributed by atoms with Crippen molar-refractivity contribution in [3.63, 3.8) is 0 Å². The standard InChI is InChI=1S/C21H32N6O/c1-22-21(27(5)16-19-10-7-12-26(19)4)24-15-17-8-6-9-18(14-17)20(28)23-11-13-25(2)3/h6-10,12,14H,11,13,15-16H2,1-5H3,(H,22,24)(H,23,28). The molecular formula is C21H32N6O. The van der Waals surface area contributed by atoms with E-state index < -0.39 is 0 Å². The monoisotopic (exact) mass is 384 g/mol. The lowest BCUT2D eigenvalue weighted by Crippen LogP contribution is -2.38. The first-order valence-electron chi connectivity index (χ1n) is 9.44. The molecule has 0 aliphatic heterocycles. The molecule has 0 saturated carbocycles. The van der Waals surface area contributed by atoms with Gasteiger partial charge in [0.05, 0.1) is 6.54 Å². The molecule has 0 aliphatic carbocycles. The highest BCUT2D eigenvalue weighted by molar-refractivity contribution is 5.94. The van der Waals surface area contributed by atoms with Crippen LogP contribution in [-0.4, -0.2) is 67.5 Å². The van der Waals surface area contributed by atoms with Gasteiger partial charge >= 0.3 is 0 Å². The Balaban J connectivity index is 1.92. The number of carbonyl (C=O) groups is 1. The number of nitrogens with zero attached hydrogens (tertiary/aromatic N) is 4. The van der Waals surface area contributed by atoms with E-state index in [2.05, 4.69) is 31.2 Å². The Morgan fingerprint density at radius 2 is 1.93 bits per heavy atom. The van der Waals surface area contributed by atoms with Gasteiger partial charge in [-0.05, 0) is 43.9 Å². The van der Waals surface area contributed by atoms with Crippen molar-refractivity contribution in [2.24, 2.45) is 12.0 Å². The van der Waals surface area contributed by atoms with Gasteiger partial charge in [-0.3, -0.25) is 9.79 Å². The number of hydrogen-bond donors (Lipinski definition) is 2. The van der Waals surface area contributed by atoms with Gasteiger partial charge in [0.2, 0.25) is 0 Å². The second-order valence-corrected chi connectivity index (χ2v) is 7.13. The highest BCUT2D eigenvalue weighted by Crippen LogP contribution is 2.07. The van der Waals surface area contributed by atoms with Crippen LogP contribution in [0, 0.1) is 0 Å². The molecule has 2 rings (SSSR count). The summed E-state index contributed by atoms with van der Waals surface area (Å²) in [5.74, 6) is 0.760. The van der Waals surface area contributed by atoms with Gasteiger partial charge in [0, 0.05) is 58.2 Å². The minimum Gasteiger partial charge on any atom is -0.353 e. The second-order valence-electron chi connectivity index (χ2n) is 7.13. The maximum atomic E-state index is 12.3. The largest absolute Gasteiger partial charge is 0.353 e. The molecule has 0 saturated heterocycles. The smallest absolute Gasteiger partial charge is 0.251 e. The maximum absolute atomic E-state index is 12.3. The maximum Gasteiger partial charge on any atom is 0.251 e. The number of aliphatic imine (C=N–C) groups is 1. The first kappa shape index (κ1) is 21.5. The van der Waals surface area contributed by atoms with E-state index in [1.54, 1.807) is 7.05 Å². The molecule has 0 atom stereocenters. The summed E-state index contributed by atoms with van der Waals surface area (Å²) in [7, 11) is 9.80. The molecule has 0 bridgehead atoms. The summed E-state index contributed by atoms with van der Waals surface area (Å²) in [6, 6.07) is 11.8. The van der Waals surface area contributed by atoms with Crippen LogP contribution >= 0.6 is 0 Å². The van der Waals surface area contributed by atoms with Crippen molar-refractivity contribution in [1.82, 2.24) is 25.0 Å². The van der Waals surface area contributed by atoms with Gasteiger partial charge in [0.25, 0.3) is 5.91 Å². The molecule has 0 radical (unpaired) electrons. The molecular weight excluding hydrogens is 352 g/mol. The van der Waals surface area contributed by atoms with Crippen molar-refractivity contribution >= 4 is 11.9 Å². The normalized spacial score (nSPS) is 11.6. The van der Waals surface area contributed by atoms with Crippen LogP contribution in [0.2, 0.25) is 0 Å². The number of carbonyl (C=O) groups excluding carboxylic acids is 1. The topological polar surface area (TPSA) is 64.9 Å². The molecule has 152 valence electrons. The second kappa shape index (κ2) is 10.5. The Bertz CT molecular complexity index is 796. The summed E-state index contributed by atoms with van der Waals surface area (Å²) < 4.78 is 2.10. The molecule has 1 heterocycles. The number of nitrogens with one attached hydrogen (secondary N) is 2. The molecule has 1 amide bonds. The van der Waals surface area contributed by atoms with Gasteiger partial charge in [-0.1, -0.05) is 12.1 Å². The van der Waals surface area contributed by atoms with Crippen molar-refractivity contribution < 1.29 is 4.79 Å². The highest BCUT2D eigenvalue weighted by Gasteiger charge is 2.10. The fourth-order valence-electron chi connectivity index (χ4n) is 2.86. The summed E-state index contributed by atoms with van der Waals surface area (Å²) in [6.07, 6.45) is 2.04. The van der Waals surface area contributed by atoms with Crippen molar-refractivity contribution in [3.05, 3.63) is 59.4 Å². The van der Waals surface area contributed by atoms with Gasteiger partial charge < -0.3 is 25.0 Å². The lowest BCUT2D eigenvalue weighted by atomic mass is 10.1. The number of hydrogen-bond acceptors (Lipinski definition) is 3. The average Bonchev–Trinajstić information content (AvgIpc) is 3.06. The Morgan fingerprint density at radius 3 is 2.57 bits per heavy atom. The van der Waals surface area contributed by atoms with Crippen LogP contribution in [0.25, 0.3) is 0 Å². The van der Waals surface area contributed by atoms with Crippen LogP contribution in [0.5, 0.6) is 0 Å². The minimum absolute atomic E-state index is 0.0473. The third kappa shape index (κ3) is 6.42. The zero-order valence-electron chi connectivity index (χ0n) is 17.6. The number of likely N-dealkylation sites (N-methyl/N-ethyl adjacent to an activating group) is 1. The van der Waals surface area contributed by atoms with Gasteiger partial charge in [0.1, 0.15) is 0 Å². The van der Waals surface area contributed by atoms with E-state index >= 15 is 0 Å².